The lowest BCUT2D eigenvalue weighted by Gasteiger charge is -2.26. The third-order valence-corrected chi connectivity index (χ3v) is 3.74. The Morgan fingerprint density at radius 3 is 2.06 bits per heavy atom. The van der Waals surface area contributed by atoms with Crippen molar-refractivity contribution in [2.24, 2.45) is 11.3 Å². The molecule has 0 rings (SSSR count). The average Bonchev–Trinajstić information content (AvgIpc) is 2.32. The van der Waals surface area contributed by atoms with E-state index in [-0.39, 0.29) is 5.78 Å². The van der Waals surface area contributed by atoms with E-state index in [0.29, 0.717) is 25.2 Å². The number of ketones is 1. The summed E-state index contributed by atoms with van der Waals surface area (Å²) < 4.78 is 0. The second-order valence-electron chi connectivity index (χ2n) is 4.69. The first-order valence-corrected chi connectivity index (χ1v) is 6.59. The summed E-state index contributed by atoms with van der Waals surface area (Å²) in [6, 6.07) is 0. The van der Waals surface area contributed by atoms with Crippen LogP contribution < -0.4 is 0 Å². The fourth-order valence-corrected chi connectivity index (χ4v) is 2.21. The van der Waals surface area contributed by atoms with Crippen LogP contribution in [0, 0.1) is 11.3 Å². The molecular weight excluding hydrogens is 200 g/mol. The molecule has 0 aromatic rings. The maximum Gasteiger partial charge on any atom is 0.146 e. The molecule has 0 aromatic carbocycles. The zero-order valence-electron chi connectivity index (χ0n) is 11.2. The Labute approximate surface area is 99.8 Å². The van der Waals surface area contributed by atoms with E-state index in [9.17, 15) is 9.59 Å². The highest BCUT2D eigenvalue weighted by molar-refractivity contribution is 5.98. The summed E-state index contributed by atoms with van der Waals surface area (Å²) >= 11 is 0. The normalized spacial score (nSPS) is 14.8. The predicted octanol–water partition coefficient (Wildman–Crippen LogP) is 3.78. The third-order valence-electron chi connectivity index (χ3n) is 3.74. The van der Waals surface area contributed by atoms with Gasteiger partial charge in [0.25, 0.3) is 0 Å². The Morgan fingerprint density at radius 2 is 1.75 bits per heavy atom. The van der Waals surface area contributed by atoms with Crippen molar-refractivity contribution in [1.82, 2.24) is 0 Å². The van der Waals surface area contributed by atoms with Gasteiger partial charge in [0.05, 0.1) is 5.41 Å². The van der Waals surface area contributed by atoms with Crippen LogP contribution >= 0.6 is 0 Å². The van der Waals surface area contributed by atoms with Gasteiger partial charge in [-0.1, -0.05) is 47.0 Å². The second-order valence-corrected chi connectivity index (χ2v) is 4.69. The van der Waals surface area contributed by atoms with Crippen molar-refractivity contribution in [3.8, 4) is 0 Å². The summed E-state index contributed by atoms with van der Waals surface area (Å²) in [4.78, 5) is 23.4. The van der Waals surface area contributed by atoms with E-state index in [1.807, 2.05) is 13.8 Å². The van der Waals surface area contributed by atoms with E-state index in [1.165, 1.54) is 0 Å². The van der Waals surface area contributed by atoms with Crippen molar-refractivity contribution in [1.29, 1.82) is 0 Å². The topological polar surface area (TPSA) is 34.1 Å². The van der Waals surface area contributed by atoms with E-state index in [4.69, 9.17) is 0 Å². The van der Waals surface area contributed by atoms with Crippen molar-refractivity contribution in [2.45, 2.75) is 66.2 Å². The van der Waals surface area contributed by atoms with Crippen molar-refractivity contribution in [2.75, 3.05) is 0 Å². The van der Waals surface area contributed by atoms with Gasteiger partial charge in [-0.05, 0) is 18.8 Å². The standard InChI is InChI=1S/C14H26O2/c1-5-9-14(8-4,11-15)13(16)10-12(6-2)7-3/h11-12H,5-10H2,1-4H3. The van der Waals surface area contributed by atoms with Gasteiger partial charge in [-0.3, -0.25) is 4.79 Å². The van der Waals surface area contributed by atoms with Crippen molar-refractivity contribution in [3.63, 3.8) is 0 Å². The van der Waals surface area contributed by atoms with Crippen LogP contribution in [0.2, 0.25) is 0 Å². The van der Waals surface area contributed by atoms with Crippen molar-refractivity contribution < 1.29 is 9.59 Å². The molecule has 16 heavy (non-hydrogen) atoms. The Morgan fingerprint density at radius 1 is 1.19 bits per heavy atom. The van der Waals surface area contributed by atoms with Crippen molar-refractivity contribution in [3.05, 3.63) is 0 Å². The van der Waals surface area contributed by atoms with Gasteiger partial charge in [-0.2, -0.15) is 0 Å². The zero-order chi connectivity index (χ0) is 12.6. The van der Waals surface area contributed by atoms with Gasteiger partial charge in [0.2, 0.25) is 0 Å². The molecule has 1 atom stereocenters. The van der Waals surface area contributed by atoms with Gasteiger partial charge in [0, 0.05) is 6.42 Å². The molecule has 1 unspecified atom stereocenters. The highest BCUT2D eigenvalue weighted by Gasteiger charge is 2.35. The van der Waals surface area contributed by atoms with Crippen molar-refractivity contribution >= 4 is 12.1 Å². The Balaban J connectivity index is 4.66. The van der Waals surface area contributed by atoms with Gasteiger partial charge >= 0.3 is 0 Å². The van der Waals surface area contributed by atoms with E-state index in [0.717, 1.165) is 25.5 Å². The fraction of sp³-hybridized carbons (Fsp3) is 0.857. The number of carbonyl (C=O) groups excluding carboxylic acids is 2. The molecule has 0 aliphatic rings. The van der Waals surface area contributed by atoms with Crippen LogP contribution in [0.25, 0.3) is 0 Å². The van der Waals surface area contributed by atoms with Gasteiger partial charge in [0.1, 0.15) is 12.1 Å². The highest BCUT2D eigenvalue weighted by atomic mass is 16.1. The fourth-order valence-electron chi connectivity index (χ4n) is 2.21. The van der Waals surface area contributed by atoms with Crippen LogP contribution in [-0.4, -0.2) is 12.1 Å². The number of carbonyl (C=O) groups is 2. The number of aldehydes is 1. The molecule has 0 aliphatic carbocycles. The molecule has 0 fully saturated rings. The molecule has 0 amide bonds. The van der Waals surface area contributed by atoms with Crippen LogP contribution in [0.4, 0.5) is 0 Å². The smallest absolute Gasteiger partial charge is 0.146 e. The minimum Gasteiger partial charge on any atom is -0.302 e. The summed E-state index contributed by atoms with van der Waals surface area (Å²) in [6.45, 7) is 8.18. The van der Waals surface area contributed by atoms with Gasteiger partial charge in [-0.15, -0.1) is 0 Å². The molecular formula is C14H26O2. The van der Waals surface area contributed by atoms with Crippen LogP contribution in [0.1, 0.15) is 66.2 Å². The lowest BCUT2D eigenvalue weighted by atomic mass is 9.75. The second kappa shape index (κ2) is 7.59. The quantitative estimate of drug-likeness (QED) is 0.443. The largest absolute Gasteiger partial charge is 0.302 e. The molecule has 0 N–H and O–H groups in total. The summed E-state index contributed by atoms with van der Waals surface area (Å²) in [5.41, 5.74) is -0.697. The van der Waals surface area contributed by atoms with E-state index in [1.54, 1.807) is 0 Å². The average molecular weight is 226 g/mol. The van der Waals surface area contributed by atoms with Crippen LogP contribution in [-0.2, 0) is 9.59 Å². The van der Waals surface area contributed by atoms with E-state index < -0.39 is 5.41 Å². The first-order chi connectivity index (χ1) is 7.60. The molecule has 0 saturated carbocycles. The first-order valence-electron chi connectivity index (χ1n) is 6.59. The van der Waals surface area contributed by atoms with Gasteiger partial charge < -0.3 is 4.79 Å². The lowest BCUT2D eigenvalue weighted by molar-refractivity contribution is -0.136. The van der Waals surface area contributed by atoms with Gasteiger partial charge in [0.15, 0.2) is 0 Å². The van der Waals surface area contributed by atoms with Gasteiger partial charge in [-0.25, -0.2) is 0 Å². The molecule has 2 heteroatoms. The molecule has 0 spiro atoms. The van der Waals surface area contributed by atoms with Crippen LogP contribution in [0.15, 0.2) is 0 Å². The molecule has 0 radical (unpaired) electrons. The maximum absolute atomic E-state index is 12.2. The number of rotatable bonds is 9. The van der Waals surface area contributed by atoms with E-state index >= 15 is 0 Å². The molecule has 0 heterocycles. The number of hydrogen-bond acceptors (Lipinski definition) is 2. The first kappa shape index (κ1) is 15.3. The minimum atomic E-state index is -0.697. The van der Waals surface area contributed by atoms with Crippen LogP contribution in [0.5, 0.6) is 0 Å². The molecule has 0 aromatic heterocycles. The molecule has 2 nitrogen and oxygen atoms in total. The molecule has 0 saturated heterocycles. The minimum absolute atomic E-state index is 0.153. The Kier molecular flexibility index (Phi) is 7.27. The maximum atomic E-state index is 12.2. The molecule has 0 bridgehead atoms. The number of Topliss-reactive ketones (excluding diaryl/α,β-unsaturated/α-hetero) is 1. The number of hydrogen-bond donors (Lipinski definition) is 0. The summed E-state index contributed by atoms with van der Waals surface area (Å²) in [5.74, 6) is 0.593. The Bertz CT molecular complexity index is 219. The van der Waals surface area contributed by atoms with Crippen LogP contribution in [0.3, 0.4) is 0 Å². The summed E-state index contributed by atoms with van der Waals surface area (Å²) in [6.07, 6.45) is 5.73. The SMILES string of the molecule is CCCC(C=O)(CC)C(=O)CC(CC)CC. The van der Waals surface area contributed by atoms with E-state index in [2.05, 4.69) is 13.8 Å². The highest BCUT2D eigenvalue weighted by Crippen LogP contribution is 2.30. The summed E-state index contributed by atoms with van der Waals surface area (Å²) in [7, 11) is 0. The monoisotopic (exact) mass is 226 g/mol. The zero-order valence-corrected chi connectivity index (χ0v) is 11.2. The predicted molar refractivity (Wildman–Crippen MR) is 67.4 cm³/mol. The molecule has 0 aliphatic heterocycles. The molecule has 94 valence electrons. The third kappa shape index (κ3) is 3.73. The Hall–Kier alpha value is -0.660. The summed E-state index contributed by atoms with van der Waals surface area (Å²) in [5, 5.41) is 0. The lowest BCUT2D eigenvalue weighted by Crippen LogP contribution is -2.33.